The van der Waals surface area contributed by atoms with Gasteiger partial charge in [0.25, 0.3) is 0 Å². The number of anilines is 1. The Balaban J connectivity index is 2.98. The second kappa shape index (κ2) is 3.94. The summed E-state index contributed by atoms with van der Waals surface area (Å²) in [6.07, 6.45) is 0. The Morgan fingerprint density at radius 1 is 1.54 bits per heavy atom. The van der Waals surface area contributed by atoms with Crippen LogP contribution in [0.5, 0.6) is 0 Å². The molecule has 3 heteroatoms. The van der Waals surface area contributed by atoms with Crippen LogP contribution < -0.4 is 10.6 Å². The normalized spacial score (nSPS) is 9.69. The highest BCUT2D eigenvalue weighted by Crippen LogP contribution is 2.13. The number of rotatable bonds is 3. The van der Waals surface area contributed by atoms with Crippen molar-refractivity contribution < 1.29 is 4.79 Å². The molecule has 0 fully saturated rings. The fourth-order valence-electron chi connectivity index (χ4n) is 1.08. The molecule has 0 heterocycles. The molecule has 0 aliphatic rings. The average molecular weight is 178 g/mol. The van der Waals surface area contributed by atoms with Gasteiger partial charge in [-0.2, -0.15) is 0 Å². The summed E-state index contributed by atoms with van der Waals surface area (Å²) >= 11 is 0. The van der Waals surface area contributed by atoms with Gasteiger partial charge in [-0.15, -0.1) is 0 Å². The van der Waals surface area contributed by atoms with E-state index in [4.69, 9.17) is 5.73 Å². The first-order chi connectivity index (χ1) is 6.15. The molecule has 70 valence electrons. The Morgan fingerprint density at radius 2 is 2.23 bits per heavy atom. The monoisotopic (exact) mass is 178 g/mol. The van der Waals surface area contributed by atoms with Crippen LogP contribution in [0.4, 0.5) is 5.69 Å². The lowest BCUT2D eigenvalue weighted by Gasteiger charge is -2.16. The van der Waals surface area contributed by atoms with Gasteiger partial charge in [0.15, 0.2) is 0 Å². The van der Waals surface area contributed by atoms with Gasteiger partial charge in [0.1, 0.15) is 0 Å². The van der Waals surface area contributed by atoms with Crippen LogP contribution in [0, 0.1) is 0 Å². The van der Waals surface area contributed by atoms with Crippen molar-refractivity contribution >= 4 is 11.6 Å². The Labute approximate surface area is 78.2 Å². The molecule has 2 N–H and O–H groups in total. The van der Waals surface area contributed by atoms with Crippen molar-refractivity contribution in [3.8, 4) is 0 Å². The van der Waals surface area contributed by atoms with Crippen LogP contribution in [0.15, 0.2) is 24.3 Å². The predicted octanol–water partition coefficient (Wildman–Crippen LogP) is 1.24. The van der Waals surface area contributed by atoms with Crippen LogP contribution >= 0.6 is 0 Å². The zero-order chi connectivity index (χ0) is 9.84. The molecule has 0 aliphatic carbocycles. The highest BCUT2D eigenvalue weighted by atomic mass is 16.1. The Hall–Kier alpha value is -1.51. The summed E-state index contributed by atoms with van der Waals surface area (Å²) in [6.45, 7) is 2.96. The van der Waals surface area contributed by atoms with Crippen LogP contribution in [-0.2, 0) is 0 Å². The van der Waals surface area contributed by atoms with E-state index >= 15 is 0 Å². The standard InChI is InChI=1S/C10H14N2O/c1-3-12(2)9-6-4-5-8(7-9)10(11)13/h4-7H,3H2,1-2H3,(H2,11,13). The van der Waals surface area contributed by atoms with Gasteiger partial charge in [0.2, 0.25) is 5.91 Å². The van der Waals surface area contributed by atoms with E-state index in [1.165, 1.54) is 0 Å². The zero-order valence-corrected chi connectivity index (χ0v) is 7.95. The van der Waals surface area contributed by atoms with Gasteiger partial charge in [-0.3, -0.25) is 4.79 Å². The molecule has 1 rings (SSSR count). The third-order valence-corrected chi connectivity index (χ3v) is 2.05. The summed E-state index contributed by atoms with van der Waals surface area (Å²) in [5.74, 6) is -0.383. The van der Waals surface area contributed by atoms with E-state index < -0.39 is 0 Å². The molecule has 1 aromatic carbocycles. The van der Waals surface area contributed by atoms with E-state index in [1.807, 2.05) is 24.1 Å². The average Bonchev–Trinajstić information content (AvgIpc) is 2.17. The summed E-state index contributed by atoms with van der Waals surface area (Å²) in [4.78, 5) is 12.9. The molecule has 3 nitrogen and oxygen atoms in total. The fraction of sp³-hybridized carbons (Fsp3) is 0.300. The van der Waals surface area contributed by atoms with Gasteiger partial charge in [0, 0.05) is 24.8 Å². The quantitative estimate of drug-likeness (QED) is 0.757. The van der Waals surface area contributed by atoms with E-state index in [0.717, 1.165) is 12.2 Å². The second-order valence-electron chi connectivity index (χ2n) is 2.93. The minimum absolute atomic E-state index is 0.383. The highest BCUT2D eigenvalue weighted by Gasteiger charge is 2.02. The van der Waals surface area contributed by atoms with Gasteiger partial charge in [-0.25, -0.2) is 0 Å². The predicted molar refractivity (Wildman–Crippen MR) is 53.9 cm³/mol. The summed E-state index contributed by atoms with van der Waals surface area (Å²) in [7, 11) is 1.97. The molecule has 0 saturated heterocycles. The molecule has 0 aliphatic heterocycles. The lowest BCUT2D eigenvalue weighted by Crippen LogP contribution is -2.17. The lowest BCUT2D eigenvalue weighted by atomic mass is 10.2. The minimum atomic E-state index is -0.383. The molecule has 0 bridgehead atoms. The number of nitrogens with zero attached hydrogens (tertiary/aromatic N) is 1. The third kappa shape index (κ3) is 2.21. The number of benzene rings is 1. The van der Waals surface area contributed by atoms with Crippen molar-refractivity contribution in [1.82, 2.24) is 0 Å². The molecule has 0 unspecified atom stereocenters. The number of primary amides is 1. The summed E-state index contributed by atoms with van der Waals surface area (Å²) in [6, 6.07) is 7.30. The van der Waals surface area contributed by atoms with E-state index in [1.54, 1.807) is 12.1 Å². The zero-order valence-electron chi connectivity index (χ0n) is 7.95. The summed E-state index contributed by atoms with van der Waals surface area (Å²) in [5.41, 5.74) is 6.73. The molecule has 0 spiro atoms. The third-order valence-electron chi connectivity index (χ3n) is 2.05. The first-order valence-electron chi connectivity index (χ1n) is 4.26. The number of nitrogens with two attached hydrogens (primary N) is 1. The second-order valence-corrected chi connectivity index (χ2v) is 2.93. The van der Waals surface area contributed by atoms with Crippen LogP contribution in [0.3, 0.4) is 0 Å². The van der Waals surface area contributed by atoms with Crippen molar-refractivity contribution in [2.45, 2.75) is 6.92 Å². The highest BCUT2D eigenvalue weighted by molar-refractivity contribution is 5.93. The van der Waals surface area contributed by atoms with Crippen LogP contribution in [-0.4, -0.2) is 19.5 Å². The fourth-order valence-corrected chi connectivity index (χ4v) is 1.08. The topological polar surface area (TPSA) is 46.3 Å². The van der Waals surface area contributed by atoms with Gasteiger partial charge in [-0.05, 0) is 25.1 Å². The van der Waals surface area contributed by atoms with Crippen molar-refractivity contribution in [1.29, 1.82) is 0 Å². The van der Waals surface area contributed by atoms with E-state index in [0.29, 0.717) is 5.56 Å². The number of amides is 1. The van der Waals surface area contributed by atoms with Gasteiger partial charge in [0.05, 0.1) is 0 Å². The van der Waals surface area contributed by atoms with Gasteiger partial charge < -0.3 is 10.6 Å². The van der Waals surface area contributed by atoms with Crippen LogP contribution in [0.1, 0.15) is 17.3 Å². The molecular weight excluding hydrogens is 164 g/mol. The van der Waals surface area contributed by atoms with E-state index in [-0.39, 0.29) is 5.91 Å². The molecule has 0 radical (unpaired) electrons. The van der Waals surface area contributed by atoms with Crippen molar-refractivity contribution in [2.24, 2.45) is 5.73 Å². The maximum absolute atomic E-state index is 10.9. The van der Waals surface area contributed by atoms with Crippen molar-refractivity contribution in [3.63, 3.8) is 0 Å². The molecule has 13 heavy (non-hydrogen) atoms. The largest absolute Gasteiger partial charge is 0.375 e. The van der Waals surface area contributed by atoms with Crippen LogP contribution in [0.25, 0.3) is 0 Å². The number of hydrogen-bond donors (Lipinski definition) is 1. The van der Waals surface area contributed by atoms with Crippen LogP contribution in [0.2, 0.25) is 0 Å². The Bertz CT molecular complexity index is 310. The maximum atomic E-state index is 10.9. The molecule has 0 saturated carbocycles. The first kappa shape index (κ1) is 9.58. The van der Waals surface area contributed by atoms with Gasteiger partial charge >= 0.3 is 0 Å². The smallest absolute Gasteiger partial charge is 0.248 e. The van der Waals surface area contributed by atoms with Gasteiger partial charge in [-0.1, -0.05) is 6.07 Å². The SMILES string of the molecule is CCN(C)c1cccc(C(N)=O)c1. The molecular formula is C10H14N2O. The number of hydrogen-bond acceptors (Lipinski definition) is 2. The molecule has 0 atom stereocenters. The molecule has 1 amide bonds. The molecule has 1 aromatic rings. The summed E-state index contributed by atoms with van der Waals surface area (Å²) in [5, 5.41) is 0. The maximum Gasteiger partial charge on any atom is 0.248 e. The first-order valence-corrected chi connectivity index (χ1v) is 4.26. The van der Waals surface area contributed by atoms with E-state index in [9.17, 15) is 4.79 Å². The van der Waals surface area contributed by atoms with E-state index in [2.05, 4.69) is 6.92 Å². The Morgan fingerprint density at radius 3 is 2.77 bits per heavy atom. The molecule has 0 aromatic heterocycles. The number of carbonyl (C=O) groups is 1. The van der Waals surface area contributed by atoms with Crippen molar-refractivity contribution in [3.05, 3.63) is 29.8 Å². The minimum Gasteiger partial charge on any atom is -0.375 e. The number of carbonyl (C=O) groups excluding carboxylic acids is 1. The van der Waals surface area contributed by atoms with Crippen molar-refractivity contribution in [2.75, 3.05) is 18.5 Å². The Kier molecular flexibility index (Phi) is 2.90. The lowest BCUT2D eigenvalue weighted by molar-refractivity contribution is 0.100. The summed E-state index contributed by atoms with van der Waals surface area (Å²) < 4.78 is 0.